The fourth-order valence-corrected chi connectivity index (χ4v) is 8.94. The zero-order valence-corrected chi connectivity index (χ0v) is 28.6. The molecule has 1 heterocycles. The monoisotopic (exact) mass is 668 g/mol. The van der Waals surface area contributed by atoms with Crippen LogP contribution in [0.15, 0.2) is 194 Å². The van der Waals surface area contributed by atoms with E-state index >= 15 is 0 Å². The van der Waals surface area contributed by atoms with E-state index in [9.17, 15) is 0 Å². The molecule has 0 atom stereocenters. The largest absolute Gasteiger partial charge is 0.310 e. The summed E-state index contributed by atoms with van der Waals surface area (Å²) in [5.74, 6) is 0. The van der Waals surface area contributed by atoms with Crippen molar-refractivity contribution in [1.82, 2.24) is 0 Å². The SMILES string of the molecule is c1ccc(N(c2ccccc2)c2ccc3c(c2)sc2c4ccc(N(c5ccccc5)c5ccc6ccccc6c5)cc4c4ccccc4c32)cc1. The fourth-order valence-electron chi connectivity index (χ4n) is 7.65. The zero-order valence-electron chi connectivity index (χ0n) is 27.8. The summed E-state index contributed by atoms with van der Waals surface area (Å²) in [6.45, 7) is 0. The Balaban J connectivity index is 1.19. The van der Waals surface area contributed by atoms with Gasteiger partial charge in [-0.15, -0.1) is 11.3 Å². The molecule has 0 bridgehead atoms. The van der Waals surface area contributed by atoms with Crippen molar-refractivity contribution in [2.45, 2.75) is 0 Å². The van der Waals surface area contributed by atoms with E-state index in [4.69, 9.17) is 0 Å². The van der Waals surface area contributed by atoms with Crippen LogP contribution >= 0.6 is 11.3 Å². The van der Waals surface area contributed by atoms with Crippen LogP contribution in [-0.2, 0) is 0 Å². The van der Waals surface area contributed by atoms with Gasteiger partial charge in [-0.1, -0.05) is 121 Å². The van der Waals surface area contributed by atoms with Crippen LogP contribution in [0.4, 0.5) is 34.1 Å². The molecule has 10 aromatic rings. The predicted molar refractivity (Wildman–Crippen MR) is 221 cm³/mol. The molecule has 0 aliphatic rings. The van der Waals surface area contributed by atoms with Crippen molar-refractivity contribution in [1.29, 1.82) is 0 Å². The van der Waals surface area contributed by atoms with Gasteiger partial charge >= 0.3 is 0 Å². The summed E-state index contributed by atoms with van der Waals surface area (Å²) in [6, 6.07) is 70.2. The first kappa shape index (κ1) is 29.5. The van der Waals surface area contributed by atoms with Crippen LogP contribution in [-0.4, -0.2) is 0 Å². The molecule has 0 spiro atoms. The molecule has 0 fully saturated rings. The number of anilines is 6. The summed E-state index contributed by atoms with van der Waals surface area (Å²) < 4.78 is 2.61. The molecule has 0 aliphatic carbocycles. The van der Waals surface area contributed by atoms with Gasteiger partial charge < -0.3 is 9.80 Å². The Morgan fingerprint density at radius 3 is 1.45 bits per heavy atom. The Morgan fingerprint density at radius 2 is 0.784 bits per heavy atom. The van der Waals surface area contributed by atoms with Crippen LogP contribution in [0.3, 0.4) is 0 Å². The predicted octanol–water partition coefficient (Wildman–Crippen LogP) is 14.5. The van der Waals surface area contributed by atoms with Crippen molar-refractivity contribution in [3.8, 4) is 0 Å². The molecule has 2 nitrogen and oxygen atoms in total. The number of benzene rings is 9. The molecule has 0 aliphatic heterocycles. The van der Waals surface area contributed by atoms with Gasteiger partial charge in [0.25, 0.3) is 0 Å². The third kappa shape index (κ3) is 5.01. The summed E-state index contributed by atoms with van der Waals surface area (Å²) in [4.78, 5) is 4.72. The summed E-state index contributed by atoms with van der Waals surface area (Å²) in [5, 5.41) is 10.2. The molecule has 51 heavy (non-hydrogen) atoms. The molecule has 0 saturated carbocycles. The Morgan fingerprint density at radius 1 is 0.294 bits per heavy atom. The highest BCUT2D eigenvalue weighted by Crippen LogP contribution is 2.47. The average molecular weight is 669 g/mol. The van der Waals surface area contributed by atoms with E-state index in [2.05, 4.69) is 204 Å². The van der Waals surface area contributed by atoms with Gasteiger partial charge in [-0.3, -0.25) is 0 Å². The van der Waals surface area contributed by atoms with E-state index in [0.717, 1.165) is 34.1 Å². The topological polar surface area (TPSA) is 6.48 Å². The van der Waals surface area contributed by atoms with Crippen molar-refractivity contribution in [2.24, 2.45) is 0 Å². The Bertz CT molecular complexity index is 2820. The van der Waals surface area contributed by atoms with Gasteiger partial charge in [0.15, 0.2) is 0 Å². The molecule has 9 aromatic carbocycles. The zero-order chi connectivity index (χ0) is 33.7. The second-order valence-electron chi connectivity index (χ2n) is 13.0. The first-order chi connectivity index (χ1) is 25.3. The highest BCUT2D eigenvalue weighted by atomic mass is 32.1. The standard InChI is InChI=1S/C48H32N2S/c1-4-16-35(17-5-1)49(36-18-6-2-7-19-36)40-27-29-44-46(32-40)51-48-43-28-26-39(31-45(43)41-22-12-13-23-42(41)47(44)48)50(37-20-8-3-9-21-37)38-25-24-33-14-10-11-15-34(33)30-38/h1-32H. The molecule has 0 saturated heterocycles. The van der Waals surface area contributed by atoms with Crippen LogP contribution in [0.5, 0.6) is 0 Å². The molecule has 10 rings (SSSR count). The summed E-state index contributed by atoms with van der Waals surface area (Å²) in [7, 11) is 0. The fraction of sp³-hybridized carbons (Fsp3) is 0. The molecular formula is C48H32N2S. The molecule has 0 N–H and O–H groups in total. The summed E-state index contributed by atoms with van der Waals surface area (Å²) >= 11 is 1.90. The average Bonchev–Trinajstić information content (AvgIpc) is 3.59. The van der Waals surface area contributed by atoms with Gasteiger partial charge in [-0.05, 0) is 99.7 Å². The van der Waals surface area contributed by atoms with Gasteiger partial charge in [-0.2, -0.15) is 0 Å². The second-order valence-corrected chi connectivity index (χ2v) is 14.0. The van der Waals surface area contributed by atoms with Crippen LogP contribution < -0.4 is 9.80 Å². The van der Waals surface area contributed by atoms with Crippen LogP contribution in [0, 0.1) is 0 Å². The van der Waals surface area contributed by atoms with E-state index < -0.39 is 0 Å². The first-order valence-corrected chi connectivity index (χ1v) is 18.2. The first-order valence-electron chi connectivity index (χ1n) is 17.4. The third-order valence-electron chi connectivity index (χ3n) is 9.96. The highest BCUT2D eigenvalue weighted by Gasteiger charge is 2.19. The van der Waals surface area contributed by atoms with Crippen LogP contribution in [0.25, 0.3) is 52.5 Å². The number of hydrogen-bond donors (Lipinski definition) is 0. The Labute approximate surface area is 300 Å². The van der Waals surface area contributed by atoms with E-state index in [0.29, 0.717) is 0 Å². The Kier molecular flexibility index (Phi) is 7.04. The molecule has 1 aromatic heterocycles. The van der Waals surface area contributed by atoms with Crippen LogP contribution in [0.2, 0.25) is 0 Å². The maximum absolute atomic E-state index is 2.39. The molecule has 240 valence electrons. The maximum Gasteiger partial charge on any atom is 0.0476 e. The smallest absolute Gasteiger partial charge is 0.0476 e. The Hall–Kier alpha value is -6.42. The van der Waals surface area contributed by atoms with Gasteiger partial charge in [0.1, 0.15) is 0 Å². The lowest BCUT2D eigenvalue weighted by molar-refractivity contribution is 1.29. The number of para-hydroxylation sites is 3. The minimum absolute atomic E-state index is 1.13. The number of hydrogen-bond acceptors (Lipinski definition) is 3. The minimum Gasteiger partial charge on any atom is -0.310 e. The number of rotatable bonds is 6. The van der Waals surface area contributed by atoms with Crippen molar-refractivity contribution >= 4 is 98.0 Å². The lowest BCUT2D eigenvalue weighted by Crippen LogP contribution is -2.09. The highest BCUT2D eigenvalue weighted by molar-refractivity contribution is 7.27. The van der Waals surface area contributed by atoms with Gasteiger partial charge in [0, 0.05) is 59.7 Å². The van der Waals surface area contributed by atoms with E-state index in [-0.39, 0.29) is 0 Å². The van der Waals surface area contributed by atoms with Crippen molar-refractivity contribution in [2.75, 3.05) is 9.80 Å². The molecule has 0 unspecified atom stereocenters. The lowest BCUT2D eigenvalue weighted by Gasteiger charge is -2.26. The number of fused-ring (bicyclic) bond motifs is 9. The van der Waals surface area contributed by atoms with Gasteiger partial charge in [0.2, 0.25) is 0 Å². The van der Waals surface area contributed by atoms with E-state index in [1.807, 2.05) is 11.3 Å². The van der Waals surface area contributed by atoms with Crippen molar-refractivity contribution in [3.63, 3.8) is 0 Å². The van der Waals surface area contributed by atoms with Gasteiger partial charge in [-0.25, -0.2) is 0 Å². The summed E-state index contributed by atoms with van der Waals surface area (Å²) in [5.41, 5.74) is 6.84. The van der Waals surface area contributed by atoms with Crippen molar-refractivity contribution < 1.29 is 0 Å². The summed E-state index contributed by atoms with van der Waals surface area (Å²) in [6.07, 6.45) is 0. The second kappa shape index (κ2) is 12.2. The maximum atomic E-state index is 2.39. The van der Waals surface area contributed by atoms with Crippen molar-refractivity contribution in [3.05, 3.63) is 194 Å². The minimum atomic E-state index is 1.13. The molecule has 0 radical (unpaired) electrons. The number of nitrogens with zero attached hydrogens (tertiary/aromatic N) is 2. The van der Waals surface area contributed by atoms with Gasteiger partial charge in [0.05, 0.1) is 0 Å². The molecule has 0 amide bonds. The normalized spacial score (nSPS) is 11.5. The third-order valence-corrected chi connectivity index (χ3v) is 11.1. The quantitative estimate of drug-likeness (QED) is 0.163. The van der Waals surface area contributed by atoms with E-state index in [1.165, 1.54) is 52.5 Å². The van der Waals surface area contributed by atoms with Crippen LogP contribution in [0.1, 0.15) is 0 Å². The number of thiophene rings is 1. The van der Waals surface area contributed by atoms with E-state index in [1.54, 1.807) is 0 Å². The molecular weight excluding hydrogens is 637 g/mol. The lowest BCUT2D eigenvalue weighted by atomic mass is 9.96. The molecule has 3 heteroatoms.